The number of amides is 1. The van der Waals surface area contributed by atoms with Crippen molar-refractivity contribution >= 4 is 5.91 Å². The number of H-pyrrole nitrogens is 1. The minimum absolute atomic E-state index is 0.0244. The van der Waals surface area contributed by atoms with Crippen molar-refractivity contribution in [2.75, 3.05) is 6.54 Å². The van der Waals surface area contributed by atoms with Gasteiger partial charge in [0.25, 0.3) is 5.89 Å². The predicted molar refractivity (Wildman–Crippen MR) is 73.5 cm³/mol. The second-order valence-corrected chi connectivity index (χ2v) is 5.09. The van der Waals surface area contributed by atoms with Crippen molar-refractivity contribution in [1.82, 2.24) is 34.8 Å². The number of aryl methyl sites for hydroxylation is 1. The highest BCUT2D eigenvalue weighted by atomic mass is 16.4. The molecule has 0 bridgehead atoms. The fourth-order valence-corrected chi connectivity index (χ4v) is 2.46. The van der Waals surface area contributed by atoms with E-state index in [9.17, 15) is 4.79 Å². The number of nitrogens with one attached hydrogen (secondary N) is 1. The molecule has 0 unspecified atom stereocenters. The molecule has 0 spiro atoms. The Bertz CT molecular complexity index is 831. The Kier molecular flexibility index (Phi) is 2.78. The van der Waals surface area contributed by atoms with Gasteiger partial charge >= 0.3 is 11.8 Å². The Hall–Kier alpha value is -2.97. The topological polar surface area (TPSA) is 106 Å². The molecule has 0 radical (unpaired) electrons. The Labute approximate surface area is 125 Å². The average molecular weight is 299 g/mol. The fourth-order valence-electron chi connectivity index (χ4n) is 2.46. The number of nitrogens with zero attached hydrogens (tertiary/aromatic N) is 6. The molecule has 1 amide bonds. The lowest BCUT2D eigenvalue weighted by Gasteiger charge is -2.24. The van der Waals surface area contributed by atoms with Crippen LogP contribution in [0.1, 0.15) is 22.1 Å². The van der Waals surface area contributed by atoms with Crippen LogP contribution in [-0.2, 0) is 20.0 Å². The predicted octanol–water partition coefficient (Wildman–Crippen LogP) is 0.392. The zero-order valence-corrected chi connectivity index (χ0v) is 11.9. The lowest BCUT2D eigenvalue weighted by atomic mass is 10.1. The van der Waals surface area contributed by atoms with Gasteiger partial charge in [0.05, 0.1) is 24.3 Å². The van der Waals surface area contributed by atoms with Gasteiger partial charge in [-0.2, -0.15) is 5.10 Å². The summed E-state index contributed by atoms with van der Waals surface area (Å²) in [6.45, 7) is 1.05. The fraction of sp³-hybridized carbons (Fsp3) is 0.308. The summed E-state index contributed by atoms with van der Waals surface area (Å²) >= 11 is 0. The normalized spacial score (nSPS) is 14.1. The van der Waals surface area contributed by atoms with Gasteiger partial charge in [0.2, 0.25) is 0 Å². The Balaban J connectivity index is 1.55. The molecule has 112 valence electrons. The molecule has 0 saturated carbocycles. The highest BCUT2D eigenvalue weighted by Crippen LogP contribution is 2.19. The Morgan fingerprint density at radius 2 is 2.32 bits per heavy atom. The molecular weight excluding hydrogens is 286 g/mol. The molecule has 9 nitrogen and oxygen atoms in total. The van der Waals surface area contributed by atoms with Gasteiger partial charge < -0.3 is 14.3 Å². The molecule has 4 heterocycles. The largest absolute Gasteiger partial charge is 0.411 e. The minimum Gasteiger partial charge on any atom is -0.411 e. The van der Waals surface area contributed by atoms with Gasteiger partial charge in [0.15, 0.2) is 0 Å². The van der Waals surface area contributed by atoms with Crippen molar-refractivity contribution < 1.29 is 9.21 Å². The Morgan fingerprint density at radius 3 is 3.14 bits per heavy atom. The van der Waals surface area contributed by atoms with Crippen molar-refractivity contribution in [3.8, 4) is 11.6 Å². The zero-order valence-electron chi connectivity index (χ0n) is 11.9. The van der Waals surface area contributed by atoms with Crippen LogP contribution in [0.2, 0.25) is 0 Å². The molecule has 3 aromatic heterocycles. The maximum atomic E-state index is 12.5. The van der Waals surface area contributed by atoms with E-state index in [2.05, 4.69) is 25.3 Å². The number of hydrogen-bond donors (Lipinski definition) is 1. The van der Waals surface area contributed by atoms with Crippen LogP contribution in [0.5, 0.6) is 0 Å². The van der Waals surface area contributed by atoms with Crippen LogP contribution < -0.4 is 0 Å². The van der Waals surface area contributed by atoms with E-state index < -0.39 is 0 Å². The summed E-state index contributed by atoms with van der Waals surface area (Å²) in [5.41, 5.74) is 2.50. The number of hydrogen-bond acceptors (Lipinski definition) is 6. The summed E-state index contributed by atoms with van der Waals surface area (Å²) in [5.74, 6) is -0.0678. The SMILES string of the molecule is Cn1ccc(-c2nnc(C(=O)N3CCc4nc[nH]c4C3)o2)n1. The number of rotatable bonds is 2. The van der Waals surface area contributed by atoms with Gasteiger partial charge in [0.1, 0.15) is 5.69 Å². The number of carbonyl (C=O) groups excluding carboxylic acids is 1. The van der Waals surface area contributed by atoms with Crippen molar-refractivity contribution in [2.24, 2.45) is 7.05 Å². The lowest BCUT2D eigenvalue weighted by Crippen LogP contribution is -2.36. The van der Waals surface area contributed by atoms with E-state index in [0.717, 1.165) is 11.4 Å². The van der Waals surface area contributed by atoms with E-state index in [1.54, 1.807) is 35.2 Å². The first kappa shape index (κ1) is 12.7. The van der Waals surface area contributed by atoms with Crippen LogP contribution in [0.25, 0.3) is 11.6 Å². The van der Waals surface area contributed by atoms with Gasteiger partial charge in [0, 0.05) is 26.2 Å². The quantitative estimate of drug-likeness (QED) is 0.734. The smallest absolute Gasteiger partial charge is 0.311 e. The van der Waals surface area contributed by atoms with Gasteiger partial charge in [-0.05, 0) is 6.07 Å². The summed E-state index contributed by atoms with van der Waals surface area (Å²) < 4.78 is 7.08. The number of imidazole rings is 1. The van der Waals surface area contributed by atoms with Crippen LogP contribution in [0.4, 0.5) is 0 Å². The molecule has 0 aliphatic carbocycles. The van der Waals surface area contributed by atoms with Crippen molar-refractivity contribution in [3.63, 3.8) is 0 Å². The van der Waals surface area contributed by atoms with E-state index >= 15 is 0 Å². The molecule has 0 aromatic carbocycles. The number of aromatic nitrogens is 6. The first-order valence-electron chi connectivity index (χ1n) is 6.84. The molecule has 4 rings (SSSR count). The van der Waals surface area contributed by atoms with Crippen LogP contribution in [0.3, 0.4) is 0 Å². The van der Waals surface area contributed by atoms with Gasteiger partial charge in [-0.1, -0.05) is 0 Å². The van der Waals surface area contributed by atoms with Crippen LogP contribution >= 0.6 is 0 Å². The van der Waals surface area contributed by atoms with E-state index in [0.29, 0.717) is 25.2 Å². The molecule has 9 heteroatoms. The maximum absolute atomic E-state index is 12.5. The second-order valence-electron chi connectivity index (χ2n) is 5.09. The third kappa shape index (κ3) is 2.07. The van der Waals surface area contributed by atoms with Crippen LogP contribution in [0.15, 0.2) is 23.0 Å². The van der Waals surface area contributed by atoms with Gasteiger partial charge in [-0.15, -0.1) is 10.2 Å². The molecule has 3 aromatic rings. The monoisotopic (exact) mass is 299 g/mol. The van der Waals surface area contributed by atoms with E-state index in [4.69, 9.17) is 4.42 Å². The maximum Gasteiger partial charge on any atom is 0.311 e. The average Bonchev–Trinajstić information content (AvgIpc) is 3.25. The molecule has 1 N–H and O–H groups in total. The Morgan fingerprint density at radius 1 is 1.41 bits per heavy atom. The molecule has 1 aliphatic rings. The molecule has 0 saturated heterocycles. The minimum atomic E-state index is -0.282. The first-order chi connectivity index (χ1) is 10.7. The highest BCUT2D eigenvalue weighted by Gasteiger charge is 2.27. The molecule has 0 atom stereocenters. The number of aromatic amines is 1. The molecule has 0 fully saturated rings. The second kappa shape index (κ2) is 4.79. The standard InChI is InChI=1S/C13H13N7O2/c1-19-4-2-9(18-19)11-16-17-12(22-11)13(21)20-5-3-8-10(6-20)15-7-14-8/h2,4,7H,3,5-6H2,1H3,(H,14,15). The summed E-state index contributed by atoms with van der Waals surface area (Å²) in [5, 5.41) is 11.9. The van der Waals surface area contributed by atoms with Crippen molar-refractivity contribution in [2.45, 2.75) is 13.0 Å². The van der Waals surface area contributed by atoms with Gasteiger partial charge in [-0.25, -0.2) is 4.98 Å². The highest BCUT2D eigenvalue weighted by molar-refractivity contribution is 5.89. The lowest BCUT2D eigenvalue weighted by molar-refractivity contribution is 0.0692. The van der Waals surface area contributed by atoms with Crippen LogP contribution in [0, 0.1) is 0 Å². The summed E-state index contributed by atoms with van der Waals surface area (Å²) in [6.07, 6.45) is 4.13. The van der Waals surface area contributed by atoms with Crippen molar-refractivity contribution in [1.29, 1.82) is 0 Å². The molecular formula is C13H13N7O2. The summed E-state index contributed by atoms with van der Waals surface area (Å²) in [6, 6.07) is 1.75. The van der Waals surface area contributed by atoms with Crippen molar-refractivity contribution in [3.05, 3.63) is 35.9 Å². The number of carbonyl (C=O) groups is 1. The van der Waals surface area contributed by atoms with E-state index in [1.807, 2.05) is 0 Å². The zero-order chi connectivity index (χ0) is 15.1. The molecule has 22 heavy (non-hydrogen) atoms. The van der Waals surface area contributed by atoms with E-state index in [1.165, 1.54) is 0 Å². The van der Waals surface area contributed by atoms with E-state index in [-0.39, 0.29) is 17.7 Å². The summed E-state index contributed by atoms with van der Waals surface area (Å²) in [4.78, 5) is 21.4. The summed E-state index contributed by atoms with van der Waals surface area (Å²) in [7, 11) is 1.79. The third-order valence-electron chi connectivity index (χ3n) is 3.60. The molecule has 1 aliphatic heterocycles. The number of fused-ring (bicyclic) bond motifs is 1. The third-order valence-corrected chi connectivity index (χ3v) is 3.60. The first-order valence-corrected chi connectivity index (χ1v) is 6.84. The van der Waals surface area contributed by atoms with Crippen LogP contribution in [-0.4, -0.2) is 47.3 Å². The van der Waals surface area contributed by atoms with Gasteiger partial charge in [-0.3, -0.25) is 9.48 Å².